The number of carbonyl (C=O) groups is 1. The van der Waals surface area contributed by atoms with Crippen LogP contribution in [0.4, 0.5) is 0 Å². The molecule has 0 aromatic carbocycles. The Hall–Kier alpha value is -0.610. The molecule has 0 saturated heterocycles. The Labute approximate surface area is 106 Å². The summed E-state index contributed by atoms with van der Waals surface area (Å²) < 4.78 is 0. The summed E-state index contributed by atoms with van der Waals surface area (Å²) in [5.41, 5.74) is 0. The molecule has 17 heavy (non-hydrogen) atoms. The Morgan fingerprint density at radius 2 is 1.94 bits per heavy atom. The van der Waals surface area contributed by atoms with E-state index in [1.54, 1.807) is 0 Å². The molecule has 2 unspecified atom stereocenters. The van der Waals surface area contributed by atoms with Gasteiger partial charge in [-0.05, 0) is 47.3 Å². The molecule has 4 nitrogen and oxygen atoms in total. The van der Waals surface area contributed by atoms with Gasteiger partial charge in [0.05, 0.1) is 6.04 Å². The van der Waals surface area contributed by atoms with Gasteiger partial charge in [-0.25, -0.2) is 0 Å². The van der Waals surface area contributed by atoms with Crippen LogP contribution in [0.3, 0.4) is 0 Å². The summed E-state index contributed by atoms with van der Waals surface area (Å²) in [6.07, 6.45) is 3.22. The van der Waals surface area contributed by atoms with E-state index in [4.69, 9.17) is 0 Å². The van der Waals surface area contributed by atoms with E-state index < -0.39 is 0 Å². The Morgan fingerprint density at radius 1 is 1.29 bits per heavy atom. The molecule has 0 bridgehead atoms. The van der Waals surface area contributed by atoms with E-state index in [1.165, 1.54) is 0 Å². The second-order valence-corrected chi connectivity index (χ2v) is 5.03. The molecule has 0 saturated carbocycles. The minimum atomic E-state index is -0.107. The molecule has 0 aliphatic carbocycles. The number of nitrogens with one attached hydrogen (secondary N) is 2. The van der Waals surface area contributed by atoms with Gasteiger partial charge in [-0.15, -0.1) is 0 Å². The molecular weight excluding hydrogens is 214 g/mol. The maximum absolute atomic E-state index is 11.7. The van der Waals surface area contributed by atoms with Crippen molar-refractivity contribution in [2.24, 2.45) is 0 Å². The Morgan fingerprint density at radius 3 is 2.47 bits per heavy atom. The highest BCUT2D eigenvalue weighted by atomic mass is 16.2. The molecule has 0 spiro atoms. The van der Waals surface area contributed by atoms with E-state index in [0.717, 1.165) is 32.4 Å². The van der Waals surface area contributed by atoms with Crippen LogP contribution in [0.1, 0.15) is 40.0 Å². The van der Waals surface area contributed by atoms with Crippen LogP contribution in [0.5, 0.6) is 0 Å². The van der Waals surface area contributed by atoms with E-state index in [2.05, 4.69) is 43.5 Å². The average Bonchev–Trinajstić information content (AvgIpc) is 2.26. The zero-order chi connectivity index (χ0) is 13.3. The van der Waals surface area contributed by atoms with Crippen LogP contribution in [0, 0.1) is 0 Å². The number of unbranched alkanes of at least 4 members (excludes halogenated alkanes) is 1. The van der Waals surface area contributed by atoms with Crippen molar-refractivity contribution in [1.82, 2.24) is 15.5 Å². The fourth-order valence-electron chi connectivity index (χ4n) is 1.58. The number of rotatable bonds is 9. The predicted molar refractivity (Wildman–Crippen MR) is 73.1 cm³/mol. The molecule has 0 aliphatic rings. The molecule has 2 atom stereocenters. The Kier molecular flexibility index (Phi) is 9.09. The van der Waals surface area contributed by atoms with Crippen LogP contribution >= 0.6 is 0 Å². The minimum Gasteiger partial charge on any atom is -0.355 e. The van der Waals surface area contributed by atoms with Gasteiger partial charge in [0.15, 0.2) is 0 Å². The Balaban J connectivity index is 3.74. The van der Waals surface area contributed by atoms with E-state index in [-0.39, 0.29) is 11.9 Å². The van der Waals surface area contributed by atoms with Crippen LogP contribution in [-0.4, -0.2) is 50.1 Å². The fourth-order valence-corrected chi connectivity index (χ4v) is 1.58. The first-order chi connectivity index (χ1) is 7.97. The van der Waals surface area contributed by atoms with Crippen molar-refractivity contribution in [2.75, 3.05) is 27.2 Å². The van der Waals surface area contributed by atoms with Gasteiger partial charge in [0, 0.05) is 12.6 Å². The first kappa shape index (κ1) is 16.4. The predicted octanol–water partition coefficient (Wildman–Crippen LogP) is 1.22. The van der Waals surface area contributed by atoms with Gasteiger partial charge >= 0.3 is 0 Å². The quantitative estimate of drug-likeness (QED) is 0.599. The molecule has 2 N–H and O–H groups in total. The van der Waals surface area contributed by atoms with Gasteiger partial charge in [0.1, 0.15) is 0 Å². The van der Waals surface area contributed by atoms with Crippen LogP contribution < -0.4 is 10.6 Å². The van der Waals surface area contributed by atoms with E-state index in [1.807, 2.05) is 6.92 Å². The first-order valence-corrected chi connectivity index (χ1v) is 6.65. The van der Waals surface area contributed by atoms with Crippen LogP contribution in [-0.2, 0) is 4.79 Å². The van der Waals surface area contributed by atoms with Crippen molar-refractivity contribution in [1.29, 1.82) is 0 Å². The lowest BCUT2D eigenvalue weighted by Gasteiger charge is -2.21. The molecule has 1 amide bonds. The SMILES string of the molecule is CCCCNC(=O)C(C)NC(C)CCN(C)C. The maximum Gasteiger partial charge on any atom is 0.236 e. The highest BCUT2D eigenvalue weighted by Gasteiger charge is 2.14. The van der Waals surface area contributed by atoms with Crippen molar-refractivity contribution in [3.05, 3.63) is 0 Å². The lowest BCUT2D eigenvalue weighted by molar-refractivity contribution is -0.122. The number of nitrogens with zero attached hydrogens (tertiary/aromatic N) is 1. The first-order valence-electron chi connectivity index (χ1n) is 6.65. The molecule has 4 heteroatoms. The van der Waals surface area contributed by atoms with Gasteiger partial charge in [-0.2, -0.15) is 0 Å². The summed E-state index contributed by atoms with van der Waals surface area (Å²) in [7, 11) is 4.13. The molecular formula is C13H29N3O. The van der Waals surface area contributed by atoms with Crippen molar-refractivity contribution in [2.45, 2.75) is 52.1 Å². The van der Waals surface area contributed by atoms with E-state index >= 15 is 0 Å². The summed E-state index contributed by atoms with van der Waals surface area (Å²) in [5, 5.41) is 6.26. The molecule has 102 valence electrons. The van der Waals surface area contributed by atoms with Gasteiger partial charge in [0.25, 0.3) is 0 Å². The van der Waals surface area contributed by atoms with Crippen molar-refractivity contribution in [3.8, 4) is 0 Å². The second-order valence-electron chi connectivity index (χ2n) is 5.03. The summed E-state index contributed by atoms with van der Waals surface area (Å²) in [5.74, 6) is 0.107. The van der Waals surface area contributed by atoms with Gasteiger partial charge in [-0.1, -0.05) is 13.3 Å². The van der Waals surface area contributed by atoms with E-state index in [0.29, 0.717) is 6.04 Å². The largest absolute Gasteiger partial charge is 0.355 e. The zero-order valence-corrected chi connectivity index (χ0v) is 12.0. The highest BCUT2D eigenvalue weighted by Crippen LogP contribution is 1.95. The van der Waals surface area contributed by atoms with Crippen LogP contribution in [0.15, 0.2) is 0 Å². The molecule has 0 aliphatic heterocycles. The standard InChI is InChI=1S/C13H29N3O/c1-6-7-9-14-13(17)12(3)15-11(2)8-10-16(4)5/h11-12,15H,6-10H2,1-5H3,(H,14,17). The molecule has 0 aromatic heterocycles. The van der Waals surface area contributed by atoms with Crippen LogP contribution in [0.25, 0.3) is 0 Å². The van der Waals surface area contributed by atoms with E-state index in [9.17, 15) is 4.79 Å². The summed E-state index contributed by atoms with van der Waals surface area (Å²) >= 11 is 0. The van der Waals surface area contributed by atoms with Gasteiger partial charge < -0.3 is 15.5 Å². The molecule has 0 fully saturated rings. The Bertz CT molecular complexity index is 207. The normalized spacial score (nSPS) is 14.7. The van der Waals surface area contributed by atoms with Gasteiger partial charge in [0.2, 0.25) is 5.91 Å². The lowest BCUT2D eigenvalue weighted by atomic mass is 10.2. The van der Waals surface area contributed by atoms with Crippen molar-refractivity contribution < 1.29 is 4.79 Å². The topological polar surface area (TPSA) is 44.4 Å². The smallest absolute Gasteiger partial charge is 0.236 e. The average molecular weight is 243 g/mol. The molecule has 0 aromatic rings. The summed E-state index contributed by atoms with van der Waals surface area (Å²) in [4.78, 5) is 13.9. The molecule has 0 radical (unpaired) electrons. The number of hydrogen-bond acceptors (Lipinski definition) is 3. The third-order valence-electron chi connectivity index (χ3n) is 2.77. The fraction of sp³-hybridized carbons (Fsp3) is 0.923. The highest BCUT2D eigenvalue weighted by molar-refractivity contribution is 5.81. The zero-order valence-electron chi connectivity index (χ0n) is 12.0. The molecule has 0 heterocycles. The third-order valence-corrected chi connectivity index (χ3v) is 2.77. The number of carbonyl (C=O) groups excluding carboxylic acids is 1. The third kappa shape index (κ3) is 9.12. The molecule has 0 rings (SSSR count). The summed E-state index contributed by atoms with van der Waals surface area (Å²) in [6.45, 7) is 8.00. The summed E-state index contributed by atoms with van der Waals surface area (Å²) in [6, 6.07) is 0.258. The lowest BCUT2D eigenvalue weighted by Crippen LogP contribution is -2.46. The van der Waals surface area contributed by atoms with Crippen molar-refractivity contribution in [3.63, 3.8) is 0 Å². The monoisotopic (exact) mass is 243 g/mol. The number of amides is 1. The number of hydrogen-bond donors (Lipinski definition) is 2. The minimum absolute atomic E-state index is 0.107. The second kappa shape index (κ2) is 9.42. The van der Waals surface area contributed by atoms with Crippen molar-refractivity contribution >= 4 is 5.91 Å². The van der Waals surface area contributed by atoms with Crippen LogP contribution in [0.2, 0.25) is 0 Å². The van der Waals surface area contributed by atoms with Gasteiger partial charge in [-0.3, -0.25) is 4.79 Å². The maximum atomic E-state index is 11.7.